The number of carbonyl (C=O) groups is 1. The molecule has 0 aliphatic heterocycles. The number of unbranched alkanes of at least 4 members (excludes halogenated alkanes) is 2. The van der Waals surface area contributed by atoms with Crippen LogP contribution in [-0.4, -0.2) is 17.7 Å². The molecule has 1 aromatic carbocycles. The molecule has 0 aliphatic rings. The number of allylic oxidation sites excluding steroid dienone is 2. The van der Waals surface area contributed by atoms with Gasteiger partial charge in [-0.3, -0.25) is 0 Å². The summed E-state index contributed by atoms with van der Waals surface area (Å²) in [6.45, 7) is 4.53. The average Bonchev–Trinajstić information content (AvgIpc) is 2.39. The molecule has 3 nitrogen and oxygen atoms in total. The van der Waals surface area contributed by atoms with Gasteiger partial charge in [0.25, 0.3) is 0 Å². The van der Waals surface area contributed by atoms with Gasteiger partial charge in [-0.25, -0.2) is 4.79 Å². The van der Waals surface area contributed by atoms with E-state index < -0.39 is 5.97 Å². The number of rotatable bonds is 8. The van der Waals surface area contributed by atoms with Gasteiger partial charge in [0, 0.05) is 5.56 Å². The van der Waals surface area contributed by atoms with Gasteiger partial charge in [0.05, 0.1) is 12.2 Å². The highest BCUT2D eigenvalue weighted by Crippen LogP contribution is 2.21. The summed E-state index contributed by atoms with van der Waals surface area (Å²) in [7, 11) is 0. The third-order valence-electron chi connectivity index (χ3n) is 2.94. The van der Waals surface area contributed by atoms with Gasteiger partial charge < -0.3 is 9.84 Å². The zero-order valence-electron chi connectivity index (χ0n) is 11.7. The van der Waals surface area contributed by atoms with E-state index in [4.69, 9.17) is 9.84 Å². The van der Waals surface area contributed by atoms with Gasteiger partial charge in [0.1, 0.15) is 5.75 Å². The lowest BCUT2D eigenvalue weighted by molar-refractivity contribution is 0.0695. The first-order chi connectivity index (χ1) is 9.16. The van der Waals surface area contributed by atoms with Crippen molar-refractivity contribution in [2.75, 3.05) is 6.61 Å². The monoisotopic (exact) mass is 262 g/mol. The number of carboxylic acids is 1. The second-order valence-electron chi connectivity index (χ2n) is 4.46. The minimum absolute atomic E-state index is 0.309. The summed E-state index contributed by atoms with van der Waals surface area (Å²) in [4.78, 5) is 11.0. The molecule has 0 fully saturated rings. The number of benzene rings is 1. The van der Waals surface area contributed by atoms with Crippen molar-refractivity contribution in [3.63, 3.8) is 0 Å². The molecular formula is C16H22O3. The zero-order valence-corrected chi connectivity index (χ0v) is 11.7. The normalized spacial score (nSPS) is 10.8. The molecule has 0 heterocycles. The van der Waals surface area contributed by atoms with Gasteiger partial charge in [-0.05, 0) is 44.7 Å². The molecule has 1 aromatic rings. The maximum Gasteiger partial charge on any atom is 0.336 e. The summed E-state index contributed by atoms with van der Waals surface area (Å²) in [5, 5.41) is 9.02. The summed E-state index contributed by atoms with van der Waals surface area (Å²) in [6.07, 6.45) is 8.58. The summed E-state index contributed by atoms with van der Waals surface area (Å²) in [5.41, 5.74) is 1.00. The Bertz CT molecular complexity index is 436. The van der Waals surface area contributed by atoms with Crippen molar-refractivity contribution >= 4 is 5.97 Å². The SMILES string of the molecule is CCC=CCCCCOc1cccc(C(=O)O)c1C. The van der Waals surface area contributed by atoms with E-state index in [-0.39, 0.29) is 0 Å². The zero-order chi connectivity index (χ0) is 14.1. The summed E-state index contributed by atoms with van der Waals surface area (Å²) in [5.74, 6) is -0.239. The first-order valence-electron chi connectivity index (χ1n) is 6.77. The van der Waals surface area contributed by atoms with Crippen molar-refractivity contribution in [3.8, 4) is 5.75 Å². The topological polar surface area (TPSA) is 46.5 Å². The van der Waals surface area contributed by atoms with Gasteiger partial charge in [0.2, 0.25) is 0 Å². The van der Waals surface area contributed by atoms with Gasteiger partial charge >= 0.3 is 5.97 Å². The molecule has 0 unspecified atom stereocenters. The number of carboxylic acid groups (broad SMARTS) is 1. The van der Waals surface area contributed by atoms with Crippen LogP contribution >= 0.6 is 0 Å². The Labute approximate surface area is 114 Å². The van der Waals surface area contributed by atoms with Crippen LogP contribution in [0.3, 0.4) is 0 Å². The smallest absolute Gasteiger partial charge is 0.336 e. The minimum atomic E-state index is -0.910. The highest BCUT2D eigenvalue weighted by Gasteiger charge is 2.10. The Morgan fingerprint density at radius 3 is 2.79 bits per heavy atom. The van der Waals surface area contributed by atoms with Gasteiger partial charge in [0.15, 0.2) is 0 Å². The standard InChI is InChI=1S/C16H22O3/c1-3-4-5-6-7-8-12-19-15-11-9-10-14(13(15)2)16(17)18/h4-5,9-11H,3,6-8,12H2,1-2H3,(H,17,18). The lowest BCUT2D eigenvalue weighted by atomic mass is 10.1. The van der Waals surface area contributed by atoms with Gasteiger partial charge in [-0.2, -0.15) is 0 Å². The Morgan fingerprint density at radius 1 is 1.32 bits per heavy atom. The molecule has 0 aliphatic carbocycles. The van der Waals surface area contributed by atoms with E-state index in [0.29, 0.717) is 23.5 Å². The van der Waals surface area contributed by atoms with Crippen LogP contribution in [0.25, 0.3) is 0 Å². The average molecular weight is 262 g/mol. The van der Waals surface area contributed by atoms with Crippen LogP contribution in [0.5, 0.6) is 5.75 Å². The fourth-order valence-corrected chi connectivity index (χ4v) is 1.83. The lowest BCUT2D eigenvalue weighted by Crippen LogP contribution is -2.04. The maximum atomic E-state index is 11.0. The first kappa shape index (κ1) is 15.3. The van der Waals surface area contributed by atoms with E-state index in [1.54, 1.807) is 19.1 Å². The Kier molecular flexibility index (Phi) is 6.72. The summed E-state index contributed by atoms with van der Waals surface area (Å²) in [6, 6.07) is 5.13. The minimum Gasteiger partial charge on any atom is -0.493 e. The van der Waals surface area contributed by atoms with Crippen LogP contribution in [0.1, 0.15) is 48.5 Å². The number of hydrogen-bond donors (Lipinski definition) is 1. The number of ether oxygens (including phenoxy) is 1. The fraction of sp³-hybridized carbons (Fsp3) is 0.438. The molecule has 19 heavy (non-hydrogen) atoms. The quantitative estimate of drug-likeness (QED) is 0.564. The van der Waals surface area contributed by atoms with E-state index in [2.05, 4.69) is 19.1 Å². The number of hydrogen-bond acceptors (Lipinski definition) is 2. The summed E-state index contributed by atoms with van der Waals surface area (Å²) < 4.78 is 5.65. The van der Waals surface area contributed by atoms with Crippen LogP contribution in [0.15, 0.2) is 30.4 Å². The largest absolute Gasteiger partial charge is 0.493 e. The van der Waals surface area contributed by atoms with Crippen LogP contribution in [0.4, 0.5) is 0 Å². The van der Waals surface area contributed by atoms with Crippen molar-refractivity contribution in [3.05, 3.63) is 41.5 Å². The van der Waals surface area contributed by atoms with E-state index in [1.165, 1.54) is 0 Å². The van der Waals surface area contributed by atoms with Crippen LogP contribution in [-0.2, 0) is 0 Å². The Balaban J connectivity index is 2.39. The predicted molar refractivity (Wildman–Crippen MR) is 76.9 cm³/mol. The van der Waals surface area contributed by atoms with Crippen molar-refractivity contribution in [1.82, 2.24) is 0 Å². The lowest BCUT2D eigenvalue weighted by Gasteiger charge is -2.10. The molecule has 104 valence electrons. The molecule has 0 bridgehead atoms. The van der Waals surface area contributed by atoms with Crippen molar-refractivity contribution < 1.29 is 14.6 Å². The third-order valence-corrected chi connectivity index (χ3v) is 2.94. The Morgan fingerprint density at radius 2 is 2.11 bits per heavy atom. The van der Waals surface area contributed by atoms with E-state index >= 15 is 0 Å². The molecule has 3 heteroatoms. The molecular weight excluding hydrogens is 240 g/mol. The molecule has 0 saturated carbocycles. The van der Waals surface area contributed by atoms with Crippen molar-refractivity contribution in [2.24, 2.45) is 0 Å². The van der Waals surface area contributed by atoms with E-state index in [1.807, 2.05) is 6.07 Å². The van der Waals surface area contributed by atoms with Crippen LogP contribution in [0.2, 0.25) is 0 Å². The fourth-order valence-electron chi connectivity index (χ4n) is 1.83. The second kappa shape index (κ2) is 8.35. The number of aromatic carboxylic acids is 1. The van der Waals surface area contributed by atoms with E-state index in [0.717, 1.165) is 25.7 Å². The molecule has 0 saturated heterocycles. The van der Waals surface area contributed by atoms with E-state index in [9.17, 15) is 4.79 Å². The molecule has 0 spiro atoms. The molecule has 0 amide bonds. The molecule has 1 N–H and O–H groups in total. The second-order valence-corrected chi connectivity index (χ2v) is 4.46. The first-order valence-corrected chi connectivity index (χ1v) is 6.77. The molecule has 0 atom stereocenters. The molecule has 0 aromatic heterocycles. The Hall–Kier alpha value is -1.77. The third kappa shape index (κ3) is 5.16. The van der Waals surface area contributed by atoms with Crippen molar-refractivity contribution in [1.29, 1.82) is 0 Å². The predicted octanol–water partition coefficient (Wildman–Crippen LogP) is 4.21. The van der Waals surface area contributed by atoms with Gasteiger partial charge in [-0.1, -0.05) is 25.1 Å². The summed E-state index contributed by atoms with van der Waals surface area (Å²) >= 11 is 0. The highest BCUT2D eigenvalue weighted by molar-refractivity contribution is 5.90. The van der Waals surface area contributed by atoms with Crippen molar-refractivity contribution in [2.45, 2.75) is 39.5 Å². The van der Waals surface area contributed by atoms with Crippen LogP contribution < -0.4 is 4.74 Å². The molecule has 1 rings (SSSR count). The highest BCUT2D eigenvalue weighted by atomic mass is 16.5. The van der Waals surface area contributed by atoms with Gasteiger partial charge in [-0.15, -0.1) is 0 Å². The molecule has 0 radical (unpaired) electrons. The maximum absolute atomic E-state index is 11.0. The van der Waals surface area contributed by atoms with Crippen LogP contribution in [0, 0.1) is 6.92 Å².